The molecule has 0 atom stereocenters. The molecule has 3 aromatic rings. The maximum Gasteiger partial charge on any atom is 0.162 e. The molecule has 1 aromatic carbocycles. The number of aromatic nitrogens is 3. The lowest BCUT2D eigenvalue weighted by molar-refractivity contribution is 0.411. The van der Waals surface area contributed by atoms with E-state index in [9.17, 15) is 0 Å². The van der Waals surface area contributed by atoms with Crippen molar-refractivity contribution in [2.75, 3.05) is 7.11 Å². The number of benzene rings is 1. The largest absolute Gasteiger partial charge is 0.496 e. The molecule has 5 heteroatoms. The minimum Gasteiger partial charge on any atom is -0.496 e. The first-order valence-corrected chi connectivity index (χ1v) is 8.25. The summed E-state index contributed by atoms with van der Waals surface area (Å²) in [7, 11) is 1.69. The smallest absolute Gasteiger partial charge is 0.162 e. The Morgan fingerprint density at radius 2 is 1.96 bits per heavy atom. The highest BCUT2D eigenvalue weighted by Crippen LogP contribution is 2.28. The molecule has 23 heavy (non-hydrogen) atoms. The fourth-order valence-electron chi connectivity index (χ4n) is 2.21. The van der Waals surface area contributed by atoms with Crippen LogP contribution < -0.4 is 4.74 Å². The standard InChI is InChI=1S/C18H17N3OS/c1-13-10-17(21-18(20-13)14-7-5-9-19-11-14)23-12-15-6-3-4-8-16(15)22-2/h3-11H,12H2,1-2H3. The first-order chi connectivity index (χ1) is 11.3. The zero-order valence-corrected chi connectivity index (χ0v) is 13.9. The van der Waals surface area contributed by atoms with Gasteiger partial charge in [-0.15, -0.1) is 11.8 Å². The second-order valence-corrected chi connectivity index (χ2v) is 6.01. The van der Waals surface area contributed by atoms with Crippen molar-refractivity contribution in [2.45, 2.75) is 17.7 Å². The van der Waals surface area contributed by atoms with E-state index in [1.54, 1.807) is 31.3 Å². The second-order valence-electron chi connectivity index (χ2n) is 5.01. The van der Waals surface area contributed by atoms with E-state index in [1.165, 1.54) is 0 Å². The fraction of sp³-hybridized carbons (Fsp3) is 0.167. The van der Waals surface area contributed by atoms with E-state index < -0.39 is 0 Å². The molecule has 0 N–H and O–H groups in total. The van der Waals surface area contributed by atoms with E-state index >= 15 is 0 Å². The first-order valence-electron chi connectivity index (χ1n) is 7.27. The second kappa shape index (κ2) is 7.24. The number of hydrogen-bond acceptors (Lipinski definition) is 5. The quantitative estimate of drug-likeness (QED) is 0.521. The predicted octanol–water partition coefficient (Wildman–Crippen LogP) is 4.15. The van der Waals surface area contributed by atoms with Crippen molar-refractivity contribution < 1.29 is 4.74 Å². The highest BCUT2D eigenvalue weighted by molar-refractivity contribution is 7.98. The molecule has 0 aliphatic carbocycles. The lowest BCUT2D eigenvalue weighted by Crippen LogP contribution is -1.95. The molecule has 0 saturated heterocycles. The molecule has 0 radical (unpaired) electrons. The Kier molecular flexibility index (Phi) is 4.88. The van der Waals surface area contributed by atoms with Gasteiger partial charge < -0.3 is 4.74 Å². The van der Waals surface area contributed by atoms with Crippen LogP contribution in [0.1, 0.15) is 11.3 Å². The Bertz CT molecular complexity index is 793. The summed E-state index contributed by atoms with van der Waals surface area (Å²) in [6, 6.07) is 13.9. The summed E-state index contributed by atoms with van der Waals surface area (Å²) in [5.74, 6) is 2.41. The Morgan fingerprint density at radius 1 is 1.09 bits per heavy atom. The van der Waals surface area contributed by atoms with Gasteiger partial charge in [0.15, 0.2) is 5.82 Å². The lowest BCUT2D eigenvalue weighted by Gasteiger charge is -2.09. The van der Waals surface area contributed by atoms with Crippen molar-refractivity contribution in [3.63, 3.8) is 0 Å². The summed E-state index contributed by atoms with van der Waals surface area (Å²) in [6.45, 7) is 1.98. The SMILES string of the molecule is COc1ccccc1CSc1cc(C)nc(-c2cccnc2)n1. The molecule has 116 valence electrons. The van der Waals surface area contributed by atoms with E-state index in [2.05, 4.69) is 21.0 Å². The van der Waals surface area contributed by atoms with Gasteiger partial charge >= 0.3 is 0 Å². The van der Waals surface area contributed by atoms with Crippen LogP contribution in [0, 0.1) is 6.92 Å². The topological polar surface area (TPSA) is 47.9 Å². The fourth-order valence-corrected chi connectivity index (χ4v) is 3.16. The minimum atomic E-state index is 0.709. The van der Waals surface area contributed by atoms with Gasteiger partial charge in [0.05, 0.1) is 7.11 Å². The van der Waals surface area contributed by atoms with Gasteiger partial charge in [-0.1, -0.05) is 18.2 Å². The molecule has 0 aliphatic rings. The van der Waals surface area contributed by atoms with Crippen LogP contribution in [-0.2, 0) is 5.75 Å². The van der Waals surface area contributed by atoms with Crippen LogP contribution in [0.25, 0.3) is 11.4 Å². The maximum absolute atomic E-state index is 5.40. The van der Waals surface area contributed by atoms with Crippen LogP contribution in [0.3, 0.4) is 0 Å². The van der Waals surface area contributed by atoms with Crippen LogP contribution in [0.15, 0.2) is 59.9 Å². The average Bonchev–Trinajstić information content (AvgIpc) is 2.60. The summed E-state index contributed by atoms with van der Waals surface area (Å²) in [5, 5.41) is 0.947. The monoisotopic (exact) mass is 323 g/mol. The van der Waals surface area contributed by atoms with Crippen molar-refractivity contribution in [1.29, 1.82) is 0 Å². The Hall–Kier alpha value is -2.40. The predicted molar refractivity (Wildman–Crippen MR) is 92.6 cm³/mol. The Morgan fingerprint density at radius 3 is 2.74 bits per heavy atom. The van der Waals surface area contributed by atoms with Crippen molar-refractivity contribution in [3.05, 3.63) is 66.1 Å². The summed E-state index contributed by atoms with van der Waals surface area (Å²) in [4.78, 5) is 13.3. The number of hydrogen-bond donors (Lipinski definition) is 0. The summed E-state index contributed by atoms with van der Waals surface area (Å²) in [5.41, 5.74) is 3.02. The van der Waals surface area contributed by atoms with E-state index in [-0.39, 0.29) is 0 Å². The Labute approximate surface area is 140 Å². The van der Waals surface area contributed by atoms with Gasteiger partial charge in [-0.25, -0.2) is 9.97 Å². The third-order valence-corrected chi connectivity index (χ3v) is 4.28. The van der Waals surface area contributed by atoms with Gasteiger partial charge in [0, 0.05) is 35.0 Å². The number of para-hydroxylation sites is 1. The molecule has 0 bridgehead atoms. The zero-order chi connectivity index (χ0) is 16.1. The van der Waals surface area contributed by atoms with Crippen LogP contribution in [0.5, 0.6) is 5.75 Å². The molecule has 3 rings (SSSR count). The first kappa shape index (κ1) is 15.5. The van der Waals surface area contributed by atoms with Crippen molar-refractivity contribution >= 4 is 11.8 Å². The van der Waals surface area contributed by atoms with Gasteiger partial charge in [0.1, 0.15) is 10.8 Å². The van der Waals surface area contributed by atoms with Gasteiger partial charge in [0.2, 0.25) is 0 Å². The van der Waals surface area contributed by atoms with Crippen LogP contribution in [-0.4, -0.2) is 22.1 Å². The molecule has 0 saturated carbocycles. The minimum absolute atomic E-state index is 0.709. The number of thioether (sulfide) groups is 1. The molecule has 0 spiro atoms. The maximum atomic E-state index is 5.40. The molecular formula is C18H17N3OS. The third-order valence-electron chi connectivity index (χ3n) is 3.32. The molecular weight excluding hydrogens is 306 g/mol. The summed E-state index contributed by atoms with van der Waals surface area (Å²) < 4.78 is 5.40. The number of nitrogens with zero attached hydrogens (tertiary/aromatic N) is 3. The number of pyridine rings is 1. The molecule has 0 unspecified atom stereocenters. The van der Waals surface area contributed by atoms with Crippen molar-refractivity contribution in [2.24, 2.45) is 0 Å². The number of rotatable bonds is 5. The van der Waals surface area contributed by atoms with Crippen molar-refractivity contribution in [1.82, 2.24) is 15.0 Å². The van der Waals surface area contributed by atoms with E-state index in [0.29, 0.717) is 5.82 Å². The molecule has 2 aromatic heterocycles. The highest BCUT2D eigenvalue weighted by atomic mass is 32.2. The van der Waals surface area contributed by atoms with E-state index in [0.717, 1.165) is 33.3 Å². The van der Waals surface area contributed by atoms with Crippen LogP contribution >= 0.6 is 11.8 Å². The molecule has 0 fully saturated rings. The molecule has 4 nitrogen and oxygen atoms in total. The van der Waals surface area contributed by atoms with E-state index in [4.69, 9.17) is 4.74 Å². The molecule has 2 heterocycles. The van der Waals surface area contributed by atoms with Crippen LogP contribution in [0.2, 0.25) is 0 Å². The Balaban J connectivity index is 1.82. The summed E-state index contributed by atoms with van der Waals surface area (Å²) in [6.07, 6.45) is 3.53. The number of methoxy groups -OCH3 is 1. The van der Waals surface area contributed by atoms with Crippen molar-refractivity contribution in [3.8, 4) is 17.1 Å². The summed E-state index contributed by atoms with van der Waals surface area (Å²) >= 11 is 1.67. The normalized spacial score (nSPS) is 10.5. The lowest BCUT2D eigenvalue weighted by atomic mass is 10.2. The zero-order valence-electron chi connectivity index (χ0n) is 13.1. The van der Waals surface area contributed by atoms with Gasteiger partial charge in [0.25, 0.3) is 0 Å². The van der Waals surface area contributed by atoms with Crippen LogP contribution in [0.4, 0.5) is 0 Å². The number of ether oxygens (including phenoxy) is 1. The molecule has 0 aliphatic heterocycles. The van der Waals surface area contributed by atoms with E-state index in [1.807, 2.05) is 43.3 Å². The molecule has 0 amide bonds. The van der Waals surface area contributed by atoms with Gasteiger partial charge in [-0.05, 0) is 31.2 Å². The average molecular weight is 323 g/mol. The van der Waals surface area contributed by atoms with Gasteiger partial charge in [-0.3, -0.25) is 4.98 Å². The number of aryl methyl sites for hydroxylation is 1. The highest BCUT2D eigenvalue weighted by Gasteiger charge is 2.08. The van der Waals surface area contributed by atoms with Gasteiger partial charge in [-0.2, -0.15) is 0 Å². The third kappa shape index (κ3) is 3.87.